The molecule has 3 aromatic rings. The van der Waals surface area contributed by atoms with Crippen molar-refractivity contribution in [2.24, 2.45) is 5.10 Å². The topological polar surface area (TPSA) is 71.0 Å². The first-order valence-corrected chi connectivity index (χ1v) is 11.1. The molecule has 0 spiro atoms. The minimum absolute atomic E-state index is 0.139. The van der Waals surface area contributed by atoms with Crippen molar-refractivity contribution in [3.8, 4) is 0 Å². The van der Waals surface area contributed by atoms with Gasteiger partial charge in [0.25, 0.3) is 0 Å². The van der Waals surface area contributed by atoms with E-state index in [0.29, 0.717) is 19.3 Å². The van der Waals surface area contributed by atoms with Gasteiger partial charge in [0.1, 0.15) is 0 Å². The lowest BCUT2D eigenvalue weighted by Gasteiger charge is -2.25. The van der Waals surface area contributed by atoms with Gasteiger partial charge in [-0.25, -0.2) is 5.43 Å². The lowest BCUT2D eigenvalue weighted by molar-refractivity contribution is -0.140. The Hall–Kier alpha value is -3.93. The number of unbranched alkanes of at least 4 members (excludes halogenated alkanes) is 2. The summed E-state index contributed by atoms with van der Waals surface area (Å²) >= 11 is 0. The molecule has 0 saturated carbocycles. The number of ether oxygens (including phenoxy) is 1. The van der Waals surface area contributed by atoms with E-state index < -0.39 is 0 Å². The Morgan fingerprint density at radius 2 is 1.33 bits per heavy atom. The van der Waals surface area contributed by atoms with Crippen molar-refractivity contribution >= 4 is 35.2 Å². The third-order valence-electron chi connectivity index (χ3n) is 5.10. The molecule has 33 heavy (non-hydrogen) atoms. The highest BCUT2D eigenvalue weighted by molar-refractivity contribution is 5.84. The number of hydrogen-bond acceptors (Lipinski definition) is 5. The number of carbonyl (C=O) groups excluding carboxylic acids is 2. The van der Waals surface area contributed by atoms with Crippen molar-refractivity contribution in [3.63, 3.8) is 0 Å². The summed E-state index contributed by atoms with van der Waals surface area (Å²) in [4.78, 5) is 25.2. The van der Waals surface area contributed by atoms with Gasteiger partial charge in [0, 0.05) is 29.9 Å². The molecule has 0 atom stereocenters. The van der Waals surface area contributed by atoms with Crippen molar-refractivity contribution in [3.05, 3.63) is 90.5 Å². The number of esters is 1. The van der Waals surface area contributed by atoms with Crippen molar-refractivity contribution in [1.82, 2.24) is 5.43 Å². The van der Waals surface area contributed by atoms with Gasteiger partial charge < -0.3 is 9.64 Å². The van der Waals surface area contributed by atoms with Crippen molar-refractivity contribution in [2.45, 2.75) is 32.1 Å². The van der Waals surface area contributed by atoms with Gasteiger partial charge in [-0.15, -0.1) is 0 Å². The number of hydrazone groups is 1. The molecule has 0 saturated heterocycles. The minimum Gasteiger partial charge on any atom is -0.469 e. The largest absolute Gasteiger partial charge is 0.469 e. The molecule has 6 nitrogen and oxygen atoms in total. The number of amides is 1. The first-order chi connectivity index (χ1) is 16.2. The van der Waals surface area contributed by atoms with E-state index in [1.54, 1.807) is 6.21 Å². The number of rotatable bonds is 11. The molecule has 170 valence electrons. The molecule has 1 amide bonds. The number of nitrogens with one attached hydrogen (secondary N) is 1. The average molecular weight is 444 g/mol. The second-order valence-corrected chi connectivity index (χ2v) is 7.53. The Balaban J connectivity index is 1.55. The maximum Gasteiger partial charge on any atom is 0.305 e. The summed E-state index contributed by atoms with van der Waals surface area (Å²) < 4.78 is 4.60. The van der Waals surface area contributed by atoms with Crippen molar-refractivity contribution < 1.29 is 14.3 Å². The molecule has 0 aliphatic carbocycles. The summed E-state index contributed by atoms with van der Waals surface area (Å²) in [6.45, 7) is 0. The molecule has 0 unspecified atom stereocenters. The molecule has 0 aliphatic rings. The highest BCUT2D eigenvalue weighted by Gasteiger charge is 2.11. The van der Waals surface area contributed by atoms with Gasteiger partial charge in [0.05, 0.1) is 13.3 Å². The number of nitrogens with zero attached hydrogens (tertiary/aromatic N) is 2. The molecular weight excluding hydrogens is 414 g/mol. The molecule has 0 heterocycles. The SMILES string of the molecule is COC(=O)CCCCCC(=O)N/N=C/c1ccc(N(c2ccccc2)c2ccccc2)cc1. The Morgan fingerprint density at radius 1 is 0.788 bits per heavy atom. The Labute approximate surface area is 194 Å². The van der Waals surface area contributed by atoms with Crippen LogP contribution in [0.25, 0.3) is 0 Å². The van der Waals surface area contributed by atoms with Crippen LogP contribution in [0.4, 0.5) is 17.1 Å². The number of methoxy groups -OCH3 is 1. The van der Waals surface area contributed by atoms with E-state index in [1.165, 1.54) is 7.11 Å². The van der Waals surface area contributed by atoms with Crippen LogP contribution in [0.2, 0.25) is 0 Å². The predicted molar refractivity (Wildman–Crippen MR) is 132 cm³/mol. The fraction of sp³-hybridized carbons (Fsp3) is 0.222. The second kappa shape index (κ2) is 12.8. The first-order valence-electron chi connectivity index (χ1n) is 11.1. The number of hydrogen-bond donors (Lipinski definition) is 1. The summed E-state index contributed by atoms with van der Waals surface area (Å²) in [7, 11) is 1.38. The average Bonchev–Trinajstić information content (AvgIpc) is 2.86. The van der Waals surface area contributed by atoms with Crippen LogP contribution in [0.1, 0.15) is 37.7 Å². The number of carbonyl (C=O) groups is 2. The molecule has 3 rings (SSSR count). The molecule has 3 aromatic carbocycles. The van der Waals surface area contributed by atoms with E-state index in [4.69, 9.17) is 0 Å². The van der Waals surface area contributed by atoms with Crippen LogP contribution >= 0.6 is 0 Å². The van der Waals surface area contributed by atoms with E-state index >= 15 is 0 Å². The summed E-state index contributed by atoms with van der Waals surface area (Å²) in [5, 5.41) is 4.06. The van der Waals surface area contributed by atoms with Crippen LogP contribution in [0, 0.1) is 0 Å². The summed E-state index contributed by atoms with van der Waals surface area (Å²) in [6.07, 6.45) is 4.63. The summed E-state index contributed by atoms with van der Waals surface area (Å²) in [6, 6.07) is 28.4. The summed E-state index contributed by atoms with van der Waals surface area (Å²) in [5.74, 6) is -0.356. The zero-order valence-corrected chi connectivity index (χ0v) is 18.8. The zero-order valence-electron chi connectivity index (χ0n) is 18.8. The fourth-order valence-electron chi connectivity index (χ4n) is 3.38. The molecular formula is C27H29N3O3. The van der Waals surface area contributed by atoms with Crippen molar-refractivity contribution in [2.75, 3.05) is 12.0 Å². The summed E-state index contributed by atoms with van der Waals surface area (Å²) in [5.41, 5.74) is 6.62. The molecule has 6 heteroatoms. The molecule has 1 N–H and O–H groups in total. The maximum absolute atomic E-state index is 11.9. The van der Waals surface area contributed by atoms with Crippen LogP contribution in [-0.2, 0) is 14.3 Å². The van der Waals surface area contributed by atoms with Gasteiger partial charge in [0.2, 0.25) is 5.91 Å². The molecule has 0 radical (unpaired) electrons. The lowest BCUT2D eigenvalue weighted by Crippen LogP contribution is -2.17. The van der Waals surface area contributed by atoms with Gasteiger partial charge >= 0.3 is 5.97 Å². The normalized spacial score (nSPS) is 10.7. The number of anilines is 3. The van der Waals surface area contributed by atoms with E-state index in [0.717, 1.165) is 35.5 Å². The minimum atomic E-state index is -0.217. The maximum atomic E-state index is 11.9. The highest BCUT2D eigenvalue weighted by atomic mass is 16.5. The number of para-hydroxylation sites is 2. The highest BCUT2D eigenvalue weighted by Crippen LogP contribution is 2.33. The lowest BCUT2D eigenvalue weighted by atomic mass is 10.1. The third kappa shape index (κ3) is 7.61. The Bertz CT molecular complexity index is 996. The second-order valence-electron chi connectivity index (χ2n) is 7.53. The van der Waals surface area contributed by atoms with Gasteiger partial charge in [-0.05, 0) is 54.8 Å². The Kier molecular flexibility index (Phi) is 9.21. The van der Waals surface area contributed by atoms with E-state index in [1.807, 2.05) is 60.7 Å². The molecule has 0 bridgehead atoms. The zero-order chi connectivity index (χ0) is 23.3. The quantitative estimate of drug-likeness (QED) is 0.178. The van der Waals surface area contributed by atoms with E-state index in [2.05, 4.69) is 44.4 Å². The van der Waals surface area contributed by atoms with E-state index in [-0.39, 0.29) is 11.9 Å². The molecule has 0 aliphatic heterocycles. The smallest absolute Gasteiger partial charge is 0.305 e. The Morgan fingerprint density at radius 3 is 1.91 bits per heavy atom. The fourth-order valence-corrected chi connectivity index (χ4v) is 3.38. The van der Waals surface area contributed by atoms with Gasteiger partial charge in [-0.1, -0.05) is 55.0 Å². The molecule has 0 aromatic heterocycles. The van der Waals surface area contributed by atoms with Crippen LogP contribution in [-0.4, -0.2) is 25.2 Å². The standard InChI is InChI=1S/C27H29N3O3/c1-33-27(32)16-10-4-9-15-26(31)29-28-21-22-17-19-25(20-18-22)30(23-11-5-2-6-12-23)24-13-7-3-8-14-24/h2-3,5-8,11-14,17-21H,4,9-10,15-16H2,1H3,(H,29,31)/b28-21+. The van der Waals surface area contributed by atoms with Crippen LogP contribution in [0.5, 0.6) is 0 Å². The monoisotopic (exact) mass is 443 g/mol. The predicted octanol–water partition coefficient (Wildman–Crippen LogP) is 5.73. The van der Waals surface area contributed by atoms with Crippen LogP contribution < -0.4 is 10.3 Å². The van der Waals surface area contributed by atoms with Gasteiger partial charge in [-0.3, -0.25) is 9.59 Å². The first kappa shape index (κ1) is 23.7. The van der Waals surface area contributed by atoms with Crippen LogP contribution in [0.15, 0.2) is 90.0 Å². The van der Waals surface area contributed by atoms with Gasteiger partial charge in [-0.2, -0.15) is 5.10 Å². The van der Waals surface area contributed by atoms with Crippen molar-refractivity contribution in [1.29, 1.82) is 0 Å². The van der Waals surface area contributed by atoms with Gasteiger partial charge in [0.15, 0.2) is 0 Å². The molecule has 0 fully saturated rings. The number of benzene rings is 3. The van der Waals surface area contributed by atoms with Crippen LogP contribution in [0.3, 0.4) is 0 Å². The van der Waals surface area contributed by atoms with E-state index in [9.17, 15) is 9.59 Å². The third-order valence-corrected chi connectivity index (χ3v) is 5.10.